The second-order valence-electron chi connectivity index (χ2n) is 7.76. The summed E-state index contributed by atoms with van der Waals surface area (Å²) in [4.78, 5) is 42.0. The van der Waals surface area contributed by atoms with Crippen molar-refractivity contribution in [1.82, 2.24) is 19.5 Å². The average molecular weight is 522 g/mol. The van der Waals surface area contributed by atoms with E-state index in [9.17, 15) is 34.8 Å². The molecule has 0 bridgehead atoms. The maximum atomic E-state index is 10.8. The summed E-state index contributed by atoms with van der Waals surface area (Å²) >= 11 is 0. The standard InChI is InChI=1S/C15H22N6O5S.C4H6O4.Li/c1-27(3-2-7(16)15(24)25)4-8-10(22)11(23)14(26-8)21-6-20-9-12(17)18-5-19-13(9)21;5-3(6)1-2-4(7)8;/h5-8,10-11,14,22-23H,2-4,16H2,1H3,(H2-,17,18,19,24,25);1-2H2,(H,5,6)(H,7,8);/q;;+1/p-1/t7-,8+,10+,11+,14+,27?;;/m0../s1. The number of nitrogens with two attached hydrogens (primary N) is 2. The number of nitrogen functional groups attached to an aromatic ring is 1. The van der Waals surface area contributed by atoms with Gasteiger partial charge in [0.25, 0.3) is 0 Å². The van der Waals surface area contributed by atoms with Gasteiger partial charge in [0, 0.05) is 18.4 Å². The van der Waals surface area contributed by atoms with Crippen molar-refractivity contribution in [2.75, 3.05) is 23.5 Å². The molecule has 3 rings (SSSR count). The Bertz CT molecular complexity index is 1030. The van der Waals surface area contributed by atoms with Gasteiger partial charge in [-0.1, -0.05) is 0 Å². The van der Waals surface area contributed by atoms with Crippen LogP contribution in [-0.2, 0) is 30.0 Å². The Morgan fingerprint density at radius 3 is 2.33 bits per heavy atom. The van der Waals surface area contributed by atoms with Crippen molar-refractivity contribution in [3.8, 4) is 0 Å². The Labute approximate surface area is 220 Å². The molecule has 2 aromatic rings. The molecule has 0 aliphatic carbocycles. The van der Waals surface area contributed by atoms with Gasteiger partial charge in [0.05, 0.1) is 12.6 Å². The van der Waals surface area contributed by atoms with Crippen LogP contribution >= 0.6 is 0 Å². The monoisotopic (exact) mass is 522 g/mol. The summed E-state index contributed by atoms with van der Waals surface area (Å²) < 4.78 is 7.41. The van der Waals surface area contributed by atoms with Crippen molar-refractivity contribution in [3.05, 3.63) is 12.7 Å². The minimum Gasteiger partial charge on any atom is -0.550 e. The third-order valence-corrected chi connectivity index (χ3v) is 6.91. The molecule has 17 heteroatoms. The summed E-state index contributed by atoms with van der Waals surface area (Å²) in [5.74, 6) is -2.48. The third-order valence-electron chi connectivity index (χ3n) is 5.07. The fourth-order valence-electron chi connectivity index (χ4n) is 3.17. The molecule has 1 unspecified atom stereocenters. The predicted octanol–water partition coefficient (Wildman–Crippen LogP) is -7.65. The van der Waals surface area contributed by atoms with Crippen molar-refractivity contribution in [2.24, 2.45) is 5.73 Å². The molecule has 194 valence electrons. The molecule has 0 aromatic carbocycles. The van der Waals surface area contributed by atoms with Crippen molar-refractivity contribution >= 4 is 45.8 Å². The largest absolute Gasteiger partial charge is 1.00 e. The van der Waals surface area contributed by atoms with Crippen LogP contribution in [0, 0.1) is 0 Å². The van der Waals surface area contributed by atoms with Gasteiger partial charge in [-0.2, -0.15) is 0 Å². The van der Waals surface area contributed by atoms with Gasteiger partial charge in [0.2, 0.25) is 0 Å². The molecule has 36 heavy (non-hydrogen) atoms. The summed E-state index contributed by atoms with van der Waals surface area (Å²) in [6.45, 7) is 0. The smallest absolute Gasteiger partial charge is 0.550 e. The first-order valence-corrected chi connectivity index (χ1v) is 12.3. The quantitative estimate of drug-likeness (QED) is 0.143. The molecule has 0 radical (unpaired) electrons. The van der Waals surface area contributed by atoms with Gasteiger partial charge in [-0.15, -0.1) is 0 Å². The minimum atomic E-state index is -1.37. The average Bonchev–Trinajstić information content (AvgIpc) is 3.34. The van der Waals surface area contributed by atoms with E-state index in [1.165, 1.54) is 17.2 Å². The number of rotatable bonds is 10. The molecule has 2 aromatic heterocycles. The number of carbonyl (C=O) groups is 3. The molecular weight excluding hydrogens is 495 g/mol. The normalized spacial score (nSPS) is 22.7. The van der Waals surface area contributed by atoms with Crippen molar-refractivity contribution in [3.63, 3.8) is 0 Å². The van der Waals surface area contributed by atoms with Gasteiger partial charge < -0.3 is 51.3 Å². The number of aliphatic carboxylic acids is 3. The van der Waals surface area contributed by atoms with Crippen molar-refractivity contribution in [1.29, 1.82) is 0 Å². The number of hydrogen-bond acceptors (Lipinski definition) is 13. The van der Waals surface area contributed by atoms with E-state index in [1.54, 1.807) is 0 Å². The second kappa shape index (κ2) is 14.3. The van der Waals surface area contributed by atoms with Crippen LogP contribution in [-0.4, -0.2) is 94.9 Å². The fraction of sp³-hybridized carbons (Fsp3) is 0.579. The predicted molar refractivity (Wildman–Crippen MR) is 118 cm³/mol. The maximum absolute atomic E-state index is 10.8. The molecule has 1 aliphatic rings. The van der Waals surface area contributed by atoms with E-state index in [4.69, 9.17) is 21.3 Å². The Morgan fingerprint density at radius 2 is 1.78 bits per heavy atom. The Balaban J connectivity index is 0.000000625. The van der Waals surface area contributed by atoms with Crippen LogP contribution in [0.25, 0.3) is 11.2 Å². The van der Waals surface area contributed by atoms with Crippen LogP contribution in [0.4, 0.5) is 5.82 Å². The number of carboxylic acids is 3. The molecule has 0 amide bonds. The topological polar surface area (TPSA) is 263 Å². The van der Waals surface area contributed by atoms with Crippen LogP contribution in [0.1, 0.15) is 25.5 Å². The summed E-state index contributed by atoms with van der Waals surface area (Å²) in [5.41, 5.74) is 12.1. The van der Waals surface area contributed by atoms with Crippen LogP contribution < -0.4 is 40.5 Å². The van der Waals surface area contributed by atoms with Gasteiger partial charge in [-0.25, -0.2) is 15.0 Å². The number of anilines is 1. The number of fused-ring (bicyclic) bond motifs is 1. The van der Waals surface area contributed by atoms with Crippen LogP contribution in [0.5, 0.6) is 0 Å². The van der Waals surface area contributed by atoms with Gasteiger partial charge >= 0.3 is 24.8 Å². The number of imidazole rings is 1. The molecule has 1 fully saturated rings. The van der Waals surface area contributed by atoms with Gasteiger partial charge in [0.1, 0.15) is 47.7 Å². The molecule has 7 N–H and O–H groups in total. The number of aliphatic hydroxyl groups excluding tert-OH is 2. The van der Waals surface area contributed by atoms with E-state index in [0.29, 0.717) is 29.1 Å². The zero-order valence-electron chi connectivity index (χ0n) is 19.7. The van der Waals surface area contributed by atoms with E-state index in [0.717, 1.165) is 0 Å². The number of aliphatic hydroxyl groups is 2. The summed E-state index contributed by atoms with van der Waals surface area (Å²) in [6, 6.07) is -0.907. The van der Waals surface area contributed by atoms with E-state index in [-0.39, 0.29) is 35.6 Å². The van der Waals surface area contributed by atoms with Crippen molar-refractivity contribution in [2.45, 2.75) is 49.8 Å². The number of nitrogens with zero attached hydrogens (tertiary/aromatic N) is 4. The zero-order chi connectivity index (χ0) is 26.3. The molecule has 3 heterocycles. The van der Waals surface area contributed by atoms with E-state index in [2.05, 4.69) is 15.0 Å². The van der Waals surface area contributed by atoms with Crippen LogP contribution in [0.15, 0.2) is 12.7 Å². The Morgan fingerprint density at radius 1 is 1.17 bits per heavy atom. The minimum absolute atomic E-state index is 0. The van der Waals surface area contributed by atoms with Crippen LogP contribution in [0.2, 0.25) is 0 Å². The molecular formula is C19H27LiN6O9S. The van der Waals surface area contributed by atoms with E-state index in [1.807, 2.05) is 6.26 Å². The first-order chi connectivity index (χ1) is 16.4. The molecule has 0 saturated carbocycles. The van der Waals surface area contributed by atoms with Gasteiger partial charge in [-0.05, 0) is 23.7 Å². The molecule has 1 aliphatic heterocycles. The third kappa shape index (κ3) is 8.59. The Kier molecular flexibility index (Phi) is 12.6. The van der Waals surface area contributed by atoms with Crippen LogP contribution in [0.3, 0.4) is 0 Å². The number of hydrogen-bond donors (Lipinski definition) is 5. The molecule has 15 nitrogen and oxygen atoms in total. The first-order valence-electron chi connectivity index (χ1n) is 10.3. The summed E-state index contributed by atoms with van der Waals surface area (Å²) in [7, 11) is -0.235. The number of carbonyl (C=O) groups excluding carboxylic acids is 2. The molecule has 1 saturated heterocycles. The molecule has 6 atom stereocenters. The first kappa shape index (κ1) is 31.6. The van der Waals surface area contributed by atoms with E-state index >= 15 is 0 Å². The summed E-state index contributed by atoms with van der Waals surface area (Å²) in [6.07, 6.45) is 0.369. The summed E-state index contributed by atoms with van der Waals surface area (Å²) in [5, 5.41) is 48.7. The van der Waals surface area contributed by atoms with E-state index < -0.39 is 61.3 Å². The Hall–Kier alpha value is -2.45. The SMILES string of the molecule is C[S+](CC[C@H](N)C(=O)O)C[C@H]1O[C@@H](n2cnc3c(N)ncnc32)[C@H](O)[C@@H]1O.O=C([O-])CCC(=O)[O-].[Li+]. The number of carboxylic acid groups (broad SMARTS) is 3. The van der Waals surface area contributed by atoms with Gasteiger partial charge in [-0.3, -0.25) is 9.36 Å². The molecule has 0 spiro atoms. The number of ether oxygens (including phenoxy) is 1. The number of aromatic nitrogens is 4. The van der Waals surface area contributed by atoms with Gasteiger partial charge in [0.15, 0.2) is 17.7 Å². The zero-order valence-corrected chi connectivity index (χ0v) is 20.5. The fourth-order valence-corrected chi connectivity index (χ4v) is 4.83. The second-order valence-corrected chi connectivity index (χ2v) is 10.1. The van der Waals surface area contributed by atoms with Crippen molar-refractivity contribution < 1.29 is 63.5 Å². The maximum Gasteiger partial charge on any atom is 1.00 e.